The fourth-order valence-electron chi connectivity index (χ4n) is 1.95. The van der Waals surface area contributed by atoms with Crippen LogP contribution in [0.2, 0.25) is 0 Å². The highest BCUT2D eigenvalue weighted by molar-refractivity contribution is 6.21. The second-order valence-corrected chi connectivity index (χ2v) is 3.66. The maximum absolute atomic E-state index is 5.14. The fraction of sp³-hybridized carbons (Fsp3) is 0.154. The second kappa shape index (κ2) is 3.97. The number of nitrogens with zero attached hydrogens (tertiary/aromatic N) is 3. The Hall–Kier alpha value is -2.23. The van der Waals surface area contributed by atoms with Crippen LogP contribution in [0.4, 0.5) is 0 Å². The smallest absolute Gasteiger partial charge is 0.155 e. The Balaban J connectivity index is 2.24. The Morgan fingerprint density at radius 2 is 1.65 bits per heavy atom. The average molecular weight is 225 g/mol. The molecular formula is C13H11N3O. The number of hydrogen-bond acceptors (Lipinski definition) is 4. The van der Waals surface area contributed by atoms with Gasteiger partial charge >= 0.3 is 0 Å². The third kappa shape index (κ3) is 1.49. The van der Waals surface area contributed by atoms with E-state index >= 15 is 0 Å². The van der Waals surface area contributed by atoms with Crippen LogP contribution in [0.25, 0.3) is 11.1 Å². The van der Waals surface area contributed by atoms with Gasteiger partial charge < -0.3 is 4.84 Å². The third-order valence-electron chi connectivity index (χ3n) is 2.64. The van der Waals surface area contributed by atoms with Gasteiger partial charge in [-0.2, -0.15) is 0 Å². The summed E-state index contributed by atoms with van der Waals surface area (Å²) in [5.41, 5.74) is 4.53. The van der Waals surface area contributed by atoms with E-state index in [1.165, 1.54) is 0 Å². The molecule has 3 rings (SSSR count). The molecule has 0 fully saturated rings. The zero-order chi connectivity index (χ0) is 11.7. The van der Waals surface area contributed by atoms with Gasteiger partial charge in [0, 0.05) is 23.5 Å². The minimum absolute atomic E-state index is 0.536. The molecule has 0 unspecified atom stereocenters. The Morgan fingerprint density at radius 1 is 1.06 bits per heavy atom. The van der Waals surface area contributed by atoms with Crippen LogP contribution in [0, 0.1) is 0 Å². The van der Waals surface area contributed by atoms with Crippen molar-refractivity contribution in [3.8, 4) is 11.1 Å². The highest BCUT2D eigenvalue weighted by Gasteiger charge is 2.27. The zero-order valence-corrected chi connectivity index (χ0v) is 9.42. The molecule has 2 aromatic heterocycles. The lowest BCUT2D eigenvalue weighted by Gasteiger charge is -1.98. The minimum atomic E-state index is 0.536. The zero-order valence-electron chi connectivity index (χ0n) is 9.42. The number of rotatable bonds is 2. The summed E-state index contributed by atoms with van der Waals surface area (Å²) >= 11 is 0. The molecule has 0 N–H and O–H groups in total. The summed E-state index contributed by atoms with van der Waals surface area (Å²) < 4.78 is 0. The number of fused-ring (bicyclic) bond motifs is 3. The summed E-state index contributed by atoms with van der Waals surface area (Å²) in [6.45, 7) is 2.44. The molecule has 17 heavy (non-hydrogen) atoms. The summed E-state index contributed by atoms with van der Waals surface area (Å²) in [6, 6.07) is 7.88. The van der Waals surface area contributed by atoms with Crippen molar-refractivity contribution >= 4 is 5.71 Å². The Kier molecular flexibility index (Phi) is 2.33. The van der Waals surface area contributed by atoms with E-state index in [1.54, 1.807) is 12.4 Å². The van der Waals surface area contributed by atoms with Gasteiger partial charge in [0.25, 0.3) is 0 Å². The van der Waals surface area contributed by atoms with E-state index in [0.29, 0.717) is 6.61 Å². The maximum atomic E-state index is 5.14. The van der Waals surface area contributed by atoms with Crippen LogP contribution < -0.4 is 0 Å². The lowest BCUT2D eigenvalue weighted by atomic mass is 10.1. The first-order chi connectivity index (χ1) is 8.42. The molecule has 0 spiro atoms. The summed E-state index contributed by atoms with van der Waals surface area (Å²) in [6.07, 6.45) is 3.51. The molecule has 0 amide bonds. The van der Waals surface area contributed by atoms with Gasteiger partial charge in [-0.1, -0.05) is 17.3 Å². The van der Waals surface area contributed by atoms with E-state index in [9.17, 15) is 0 Å². The SMILES string of the molecule is CCON=C1c2ncccc2-c2cccnc21. The molecule has 0 aromatic carbocycles. The first-order valence-electron chi connectivity index (χ1n) is 5.53. The Morgan fingerprint density at radius 3 is 2.18 bits per heavy atom. The number of oxime groups is 1. The Bertz CT molecular complexity index is 545. The predicted octanol–water partition coefficient (Wildman–Crippen LogP) is 2.25. The van der Waals surface area contributed by atoms with Gasteiger partial charge in [-0.3, -0.25) is 9.97 Å². The van der Waals surface area contributed by atoms with Crippen molar-refractivity contribution in [1.82, 2.24) is 9.97 Å². The lowest BCUT2D eigenvalue weighted by molar-refractivity contribution is 0.159. The van der Waals surface area contributed by atoms with Crippen molar-refractivity contribution in [2.75, 3.05) is 6.61 Å². The molecule has 4 nitrogen and oxygen atoms in total. The topological polar surface area (TPSA) is 47.4 Å². The molecular weight excluding hydrogens is 214 g/mol. The van der Waals surface area contributed by atoms with Crippen LogP contribution in [0.3, 0.4) is 0 Å². The van der Waals surface area contributed by atoms with Crippen molar-refractivity contribution in [2.24, 2.45) is 5.16 Å². The predicted molar refractivity (Wildman–Crippen MR) is 64.7 cm³/mol. The van der Waals surface area contributed by atoms with E-state index in [0.717, 1.165) is 28.2 Å². The van der Waals surface area contributed by atoms with Crippen LogP contribution in [0.5, 0.6) is 0 Å². The van der Waals surface area contributed by atoms with E-state index in [-0.39, 0.29) is 0 Å². The van der Waals surface area contributed by atoms with Gasteiger partial charge in [0.15, 0.2) is 5.71 Å². The molecule has 1 aliphatic rings. The molecule has 0 aliphatic heterocycles. The molecule has 0 saturated heterocycles. The van der Waals surface area contributed by atoms with Crippen molar-refractivity contribution in [2.45, 2.75) is 6.92 Å². The van der Waals surface area contributed by atoms with Crippen molar-refractivity contribution in [1.29, 1.82) is 0 Å². The van der Waals surface area contributed by atoms with Crippen LogP contribution in [0.1, 0.15) is 18.3 Å². The van der Waals surface area contributed by atoms with E-state index in [1.807, 2.05) is 31.2 Å². The number of hydrogen-bond donors (Lipinski definition) is 0. The molecule has 0 atom stereocenters. The van der Waals surface area contributed by atoms with Crippen molar-refractivity contribution in [3.63, 3.8) is 0 Å². The van der Waals surface area contributed by atoms with Crippen LogP contribution >= 0.6 is 0 Å². The van der Waals surface area contributed by atoms with E-state index in [4.69, 9.17) is 4.84 Å². The van der Waals surface area contributed by atoms with E-state index < -0.39 is 0 Å². The van der Waals surface area contributed by atoms with Crippen LogP contribution in [-0.2, 0) is 4.84 Å². The fourth-order valence-corrected chi connectivity index (χ4v) is 1.95. The largest absolute Gasteiger partial charge is 0.396 e. The van der Waals surface area contributed by atoms with Gasteiger partial charge in [-0.05, 0) is 19.1 Å². The highest BCUT2D eigenvalue weighted by Crippen LogP contribution is 2.33. The Labute approximate surface area is 99.0 Å². The molecule has 84 valence electrons. The summed E-state index contributed by atoms with van der Waals surface area (Å²) in [7, 11) is 0. The monoisotopic (exact) mass is 225 g/mol. The lowest BCUT2D eigenvalue weighted by Crippen LogP contribution is -2.03. The molecule has 1 aliphatic carbocycles. The van der Waals surface area contributed by atoms with Gasteiger partial charge in [-0.25, -0.2) is 0 Å². The van der Waals surface area contributed by atoms with Gasteiger partial charge in [0.2, 0.25) is 0 Å². The first-order valence-corrected chi connectivity index (χ1v) is 5.53. The quantitative estimate of drug-likeness (QED) is 0.628. The highest BCUT2D eigenvalue weighted by atomic mass is 16.6. The maximum Gasteiger partial charge on any atom is 0.155 e. The molecule has 0 bridgehead atoms. The number of pyridine rings is 2. The van der Waals surface area contributed by atoms with Crippen LogP contribution in [0.15, 0.2) is 41.8 Å². The summed E-state index contributed by atoms with van der Waals surface area (Å²) in [5, 5.41) is 4.12. The van der Waals surface area contributed by atoms with Gasteiger partial charge in [0.05, 0.1) is 0 Å². The first kappa shape index (κ1) is 9.96. The third-order valence-corrected chi connectivity index (χ3v) is 2.64. The van der Waals surface area contributed by atoms with Crippen LogP contribution in [-0.4, -0.2) is 22.3 Å². The molecule has 2 heterocycles. The summed E-state index contributed by atoms with van der Waals surface area (Å²) in [4.78, 5) is 13.9. The standard InChI is InChI=1S/C13H11N3O/c1-2-17-16-13-11-9(5-3-7-14-11)10-6-4-8-15-12(10)13/h3-8H,2H2,1H3. The number of aromatic nitrogens is 2. The molecule has 0 saturated carbocycles. The van der Waals surface area contributed by atoms with E-state index in [2.05, 4.69) is 15.1 Å². The van der Waals surface area contributed by atoms with Gasteiger partial charge in [-0.15, -0.1) is 0 Å². The molecule has 4 heteroatoms. The van der Waals surface area contributed by atoms with Crippen molar-refractivity contribution in [3.05, 3.63) is 48.0 Å². The molecule has 2 aromatic rings. The minimum Gasteiger partial charge on any atom is -0.396 e. The average Bonchev–Trinajstić information content (AvgIpc) is 2.71. The van der Waals surface area contributed by atoms with Gasteiger partial charge in [0.1, 0.15) is 18.0 Å². The molecule has 0 radical (unpaired) electrons. The van der Waals surface area contributed by atoms with Crippen molar-refractivity contribution < 1.29 is 4.84 Å². The second-order valence-electron chi connectivity index (χ2n) is 3.66. The summed E-state index contributed by atoms with van der Waals surface area (Å²) in [5.74, 6) is 0. The normalized spacial score (nSPS) is 11.9.